The smallest absolute Gasteiger partial charge is 0.338 e. The summed E-state index contributed by atoms with van der Waals surface area (Å²) in [6.07, 6.45) is 8.38. The van der Waals surface area contributed by atoms with Crippen LogP contribution < -0.4 is 24.4 Å². The molecule has 0 saturated heterocycles. The van der Waals surface area contributed by atoms with Crippen LogP contribution in [0.3, 0.4) is 0 Å². The van der Waals surface area contributed by atoms with E-state index in [1.807, 2.05) is 19.1 Å². The van der Waals surface area contributed by atoms with Crippen molar-refractivity contribution in [3.05, 3.63) is 88.0 Å². The summed E-state index contributed by atoms with van der Waals surface area (Å²) in [5.74, 6) is 2.94. The van der Waals surface area contributed by atoms with E-state index in [0.29, 0.717) is 54.7 Å². The summed E-state index contributed by atoms with van der Waals surface area (Å²) < 4.78 is 19.5. The third-order valence-electron chi connectivity index (χ3n) is 5.95. The Morgan fingerprint density at radius 1 is 1.26 bits per heavy atom. The molecule has 0 aliphatic carbocycles. The van der Waals surface area contributed by atoms with Gasteiger partial charge in [-0.1, -0.05) is 58.1 Å². The molecule has 0 fully saturated rings. The number of carbonyl (C=O) groups excluding carboxylic acids is 1. The van der Waals surface area contributed by atoms with Crippen molar-refractivity contribution >= 4 is 50.9 Å². The number of terminal acetylenes is 1. The van der Waals surface area contributed by atoms with Gasteiger partial charge in [0.15, 0.2) is 4.80 Å². The number of thiazole rings is 1. The number of allylic oxidation sites excluding steroid dienone is 1. The molecule has 0 spiro atoms. The van der Waals surface area contributed by atoms with E-state index in [1.165, 1.54) is 23.0 Å². The molecule has 3 aromatic rings. The van der Waals surface area contributed by atoms with E-state index in [9.17, 15) is 9.59 Å². The van der Waals surface area contributed by atoms with Crippen LogP contribution in [0.4, 0.5) is 0 Å². The highest BCUT2D eigenvalue weighted by atomic mass is 79.9. The van der Waals surface area contributed by atoms with Gasteiger partial charge in [0.25, 0.3) is 5.56 Å². The third kappa shape index (κ3) is 5.98. The molecular formula is C29H26BrClN2O5S. The van der Waals surface area contributed by atoms with Gasteiger partial charge >= 0.3 is 5.97 Å². The van der Waals surface area contributed by atoms with Gasteiger partial charge in [0.1, 0.15) is 24.1 Å². The molecule has 0 bridgehead atoms. The van der Waals surface area contributed by atoms with Crippen LogP contribution in [0.1, 0.15) is 43.9 Å². The number of methoxy groups -OCH3 is 1. The van der Waals surface area contributed by atoms with Crippen molar-refractivity contribution in [1.29, 1.82) is 0 Å². The lowest BCUT2D eigenvalue weighted by molar-refractivity contribution is -0.139. The number of hydrogen-bond acceptors (Lipinski definition) is 7. The van der Waals surface area contributed by atoms with Crippen molar-refractivity contribution in [2.45, 2.75) is 32.7 Å². The minimum atomic E-state index is -0.850. The van der Waals surface area contributed by atoms with Gasteiger partial charge < -0.3 is 14.2 Å². The monoisotopic (exact) mass is 628 g/mol. The zero-order valence-corrected chi connectivity index (χ0v) is 24.8. The van der Waals surface area contributed by atoms with Crippen molar-refractivity contribution in [3.63, 3.8) is 0 Å². The molecule has 1 atom stereocenters. The Bertz CT molecular complexity index is 1670. The Morgan fingerprint density at radius 3 is 2.72 bits per heavy atom. The maximum Gasteiger partial charge on any atom is 0.338 e. The quantitative estimate of drug-likeness (QED) is 0.246. The van der Waals surface area contributed by atoms with E-state index in [4.69, 9.17) is 37.2 Å². The first-order chi connectivity index (χ1) is 18.8. The summed E-state index contributed by atoms with van der Waals surface area (Å²) >= 11 is 11.1. The number of carbonyl (C=O) groups is 1. The largest absolute Gasteiger partial charge is 0.496 e. The number of esters is 1. The normalized spacial score (nSPS) is 14.9. The van der Waals surface area contributed by atoms with Crippen LogP contribution in [0, 0.1) is 12.3 Å². The molecule has 0 N–H and O–H groups in total. The van der Waals surface area contributed by atoms with Crippen LogP contribution in [-0.4, -0.2) is 30.9 Å². The molecule has 0 amide bonds. The molecular weight excluding hydrogens is 604 g/mol. The second kappa shape index (κ2) is 12.7. The van der Waals surface area contributed by atoms with Gasteiger partial charge in [0.2, 0.25) is 0 Å². The van der Waals surface area contributed by atoms with Crippen LogP contribution >= 0.6 is 38.9 Å². The molecule has 1 aliphatic rings. The number of ether oxygens (including phenoxy) is 3. The molecule has 202 valence electrons. The lowest BCUT2D eigenvalue weighted by Gasteiger charge is -2.27. The summed E-state index contributed by atoms with van der Waals surface area (Å²) in [6.45, 7) is 4.00. The minimum absolute atomic E-state index is 0.0849. The summed E-state index contributed by atoms with van der Waals surface area (Å²) in [6, 6.07) is 9.72. The van der Waals surface area contributed by atoms with Gasteiger partial charge in [-0.15, -0.1) is 6.42 Å². The maximum absolute atomic E-state index is 14.0. The van der Waals surface area contributed by atoms with Crippen LogP contribution in [0.15, 0.2) is 61.9 Å². The standard InChI is InChI=1S/C29H26BrClN2O5S/c1-5-8-21-25(28(35)37-7-3)26(20-16-19(31)10-12-23(20)36-4)33-27(34)24(39-29(33)32-21)15-17-14-18(30)9-11-22(17)38-13-6-2/h2,9-12,14-16,26H,5,7-8,13H2,1,3-4H3/b24-15+/t26-/m0/s1. The third-order valence-corrected chi connectivity index (χ3v) is 7.66. The number of fused-ring (bicyclic) bond motifs is 1. The average molecular weight is 630 g/mol. The van der Waals surface area contributed by atoms with Crippen LogP contribution in [0.5, 0.6) is 11.5 Å². The molecule has 7 nitrogen and oxygen atoms in total. The van der Waals surface area contributed by atoms with Crippen LogP contribution in [0.25, 0.3) is 6.08 Å². The zero-order chi connectivity index (χ0) is 28.1. The van der Waals surface area contributed by atoms with E-state index < -0.39 is 12.0 Å². The SMILES string of the molecule is C#CCOc1ccc(Br)cc1/C=c1/sc2n(c1=O)[C@@H](c1cc(Cl)ccc1OC)C(C(=O)OCC)=C(CCC)N=2. The minimum Gasteiger partial charge on any atom is -0.496 e. The van der Waals surface area contributed by atoms with E-state index >= 15 is 0 Å². The van der Waals surface area contributed by atoms with Gasteiger partial charge in [-0.2, -0.15) is 0 Å². The van der Waals surface area contributed by atoms with Crippen LogP contribution in [0.2, 0.25) is 5.02 Å². The fourth-order valence-electron chi connectivity index (χ4n) is 4.36. The van der Waals surface area contributed by atoms with Crippen molar-refractivity contribution in [2.24, 2.45) is 4.99 Å². The van der Waals surface area contributed by atoms with Gasteiger partial charge in [-0.05, 0) is 55.8 Å². The summed E-state index contributed by atoms with van der Waals surface area (Å²) in [7, 11) is 1.53. The molecule has 4 rings (SSSR count). The van der Waals surface area contributed by atoms with E-state index in [0.717, 1.165) is 10.9 Å². The number of halogens is 2. The molecule has 2 aromatic carbocycles. The lowest BCUT2D eigenvalue weighted by Crippen LogP contribution is -2.40. The maximum atomic E-state index is 14.0. The molecule has 1 aromatic heterocycles. The van der Waals surface area contributed by atoms with Gasteiger partial charge in [-0.3, -0.25) is 9.36 Å². The van der Waals surface area contributed by atoms with E-state index in [-0.39, 0.29) is 18.8 Å². The predicted molar refractivity (Wildman–Crippen MR) is 156 cm³/mol. The van der Waals surface area contributed by atoms with Crippen molar-refractivity contribution < 1.29 is 19.0 Å². The van der Waals surface area contributed by atoms with Gasteiger partial charge in [-0.25, -0.2) is 9.79 Å². The number of benzene rings is 2. The fourth-order valence-corrected chi connectivity index (χ4v) is 5.93. The molecule has 10 heteroatoms. The van der Waals surface area contributed by atoms with Gasteiger partial charge in [0.05, 0.1) is 29.5 Å². The Balaban J connectivity index is 2.04. The Morgan fingerprint density at radius 2 is 2.03 bits per heavy atom. The first-order valence-corrected chi connectivity index (χ1v) is 14.2. The predicted octanol–water partition coefficient (Wildman–Crippen LogP) is 5.02. The number of nitrogens with zero attached hydrogens (tertiary/aromatic N) is 2. The molecule has 0 radical (unpaired) electrons. The number of rotatable bonds is 9. The Hall–Kier alpha value is -3.32. The van der Waals surface area contributed by atoms with Crippen molar-refractivity contribution in [1.82, 2.24) is 4.57 Å². The van der Waals surface area contributed by atoms with Crippen molar-refractivity contribution in [3.8, 4) is 23.8 Å². The lowest BCUT2D eigenvalue weighted by atomic mass is 9.93. The topological polar surface area (TPSA) is 79.1 Å². The molecule has 39 heavy (non-hydrogen) atoms. The highest BCUT2D eigenvalue weighted by Gasteiger charge is 2.36. The summed E-state index contributed by atoms with van der Waals surface area (Å²) in [5.41, 5.74) is 1.76. The van der Waals surface area contributed by atoms with Crippen molar-refractivity contribution in [2.75, 3.05) is 20.3 Å². The first-order valence-electron chi connectivity index (χ1n) is 12.2. The molecule has 0 saturated carbocycles. The second-order valence-electron chi connectivity index (χ2n) is 8.47. The molecule has 0 unspecified atom stereocenters. The Kier molecular flexibility index (Phi) is 9.33. The Labute approximate surface area is 243 Å². The van der Waals surface area contributed by atoms with E-state index in [2.05, 4.69) is 21.9 Å². The van der Waals surface area contributed by atoms with E-state index in [1.54, 1.807) is 37.3 Å². The first kappa shape index (κ1) is 28.7. The summed E-state index contributed by atoms with van der Waals surface area (Å²) in [5, 5.41) is 0.439. The summed E-state index contributed by atoms with van der Waals surface area (Å²) in [4.78, 5) is 32.7. The van der Waals surface area contributed by atoms with Gasteiger partial charge in [0, 0.05) is 20.6 Å². The number of hydrogen-bond donors (Lipinski definition) is 0. The average Bonchev–Trinajstić information content (AvgIpc) is 3.22. The highest BCUT2D eigenvalue weighted by molar-refractivity contribution is 9.10. The second-order valence-corrected chi connectivity index (χ2v) is 10.8. The highest BCUT2D eigenvalue weighted by Crippen LogP contribution is 2.38. The van der Waals surface area contributed by atoms with Crippen LogP contribution in [-0.2, 0) is 9.53 Å². The number of aromatic nitrogens is 1. The fraction of sp³-hybridized carbons (Fsp3) is 0.276. The zero-order valence-electron chi connectivity index (χ0n) is 21.6. The molecule has 2 heterocycles. The molecule has 1 aliphatic heterocycles.